The Hall–Kier alpha value is -3.12. The number of aromatic nitrogens is 2. The normalized spacial score (nSPS) is 14.3. The van der Waals surface area contributed by atoms with Crippen LogP contribution in [0.2, 0.25) is 0 Å². The molecule has 6 heteroatoms. The fourth-order valence-corrected chi connectivity index (χ4v) is 5.07. The third kappa shape index (κ3) is 4.73. The average Bonchev–Trinajstić information content (AvgIpc) is 3.24. The van der Waals surface area contributed by atoms with Crippen LogP contribution in [-0.2, 0) is 4.74 Å². The molecule has 5 rings (SSSR count). The molecule has 0 radical (unpaired) electrons. The van der Waals surface area contributed by atoms with E-state index in [4.69, 9.17) is 14.5 Å². The number of esters is 1. The fraction of sp³-hybridized carbons (Fsp3) is 0.286. The summed E-state index contributed by atoms with van der Waals surface area (Å²) in [6, 6.07) is 22.0. The summed E-state index contributed by atoms with van der Waals surface area (Å²) in [6.07, 6.45) is 6.02. The van der Waals surface area contributed by atoms with E-state index >= 15 is 0 Å². The molecule has 0 aliphatic heterocycles. The van der Waals surface area contributed by atoms with Gasteiger partial charge in [0.05, 0.1) is 23.2 Å². The first-order chi connectivity index (χ1) is 16.6. The molecular formula is C28H27BrN2O3. The number of ether oxygens (including phenoxy) is 2. The largest absolute Gasteiger partial charge is 0.462 e. The molecule has 0 atom stereocenters. The van der Waals surface area contributed by atoms with Crippen LogP contribution in [0.5, 0.6) is 11.5 Å². The van der Waals surface area contributed by atoms with Gasteiger partial charge in [-0.2, -0.15) is 0 Å². The lowest BCUT2D eigenvalue weighted by atomic mass is 9.95. The van der Waals surface area contributed by atoms with Gasteiger partial charge in [-0.05, 0) is 80.4 Å². The molecule has 1 saturated carbocycles. The molecule has 1 aliphatic carbocycles. The molecular weight excluding hydrogens is 492 g/mol. The Labute approximate surface area is 207 Å². The van der Waals surface area contributed by atoms with Crippen LogP contribution in [0.1, 0.15) is 55.4 Å². The maximum absolute atomic E-state index is 12.3. The molecule has 174 valence electrons. The minimum absolute atomic E-state index is 0.313. The molecule has 1 aromatic heterocycles. The van der Waals surface area contributed by atoms with Crippen LogP contribution < -0.4 is 4.74 Å². The summed E-state index contributed by atoms with van der Waals surface area (Å²) >= 11 is 3.48. The van der Waals surface area contributed by atoms with Gasteiger partial charge in [-0.15, -0.1) is 0 Å². The van der Waals surface area contributed by atoms with Crippen molar-refractivity contribution in [3.05, 3.63) is 76.8 Å². The van der Waals surface area contributed by atoms with Crippen LogP contribution in [0, 0.1) is 0 Å². The van der Waals surface area contributed by atoms with Gasteiger partial charge in [-0.3, -0.25) is 0 Å². The molecule has 0 bridgehead atoms. The Morgan fingerprint density at radius 1 is 1.00 bits per heavy atom. The zero-order valence-corrected chi connectivity index (χ0v) is 20.8. The molecule has 1 fully saturated rings. The monoisotopic (exact) mass is 518 g/mol. The van der Waals surface area contributed by atoms with Crippen LogP contribution in [0.15, 0.2) is 71.2 Å². The second-order valence-electron chi connectivity index (χ2n) is 8.61. The van der Waals surface area contributed by atoms with E-state index in [9.17, 15) is 4.79 Å². The smallest absolute Gasteiger partial charge is 0.338 e. The summed E-state index contributed by atoms with van der Waals surface area (Å²) in [7, 11) is 0. The van der Waals surface area contributed by atoms with Crippen molar-refractivity contribution in [2.75, 3.05) is 6.61 Å². The van der Waals surface area contributed by atoms with Crippen LogP contribution in [0.4, 0.5) is 0 Å². The summed E-state index contributed by atoms with van der Waals surface area (Å²) in [6.45, 7) is 2.17. The van der Waals surface area contributed by atoms with Crippen molar-refractivity contribution in [3.8, 4) is 22.9 Å². The Morgan fingerprint density at radius 2 is 1.79 bits per heavy atom. The van der Waals surface area contributed by atoms with E-state index < -0.39 is 0 Å². The number of imidazole rings is 1. The number of carbonyl (C=O) groups excluding carboxylic acids is 1. The summed E-state index contributed by atoms with van der Waals surface area (Å²) in [5.41, 5.74) is 3.44. The van der Waals surface area contributed by atoms with Crippen molar-refractivity contribution in [1.29, 1.82) is 0 Å². The minimum atomic E-state index is -0.313. The van der Waals surface area contributed by atoms with E-state index in [2.05, 4.69) is 32.6 Å². The second kappa shape index (κ2) is 10.0. The van der Waals surface area contributed by atoms with Gasteiger partial charge in [-0.1, -0.05) is 41.3 Å². The zero-order chi connectivity index (χ0) is 23.5. The first kappa shape index (κ1) is 22.7. The van der Waals surface area contributed by atoms with Crippen molar-refractivity contribution < 1.29 is 14.3 Å². The summed E-state index contributed by atoms with van der Waals surface area (Å²) < 4.78 is 14.6. The fourth-order valence-electron chi connectivity index (χ4n) is 4.69. The minimum Gasteiger partial charge on any atom is -0.462 e. The van der Waals surface area contributed by atoms with Gasteiger partial charge in [0, 0.05) is 16.1 Å². The molecule has 4 aromatic rings. The lowest BCUT2D eigenvalue weighted by Gasteiger charge is -2.25. The lowest BCUT2D eigenvalue weighted by molar-refractivity contribution is 0.0526. The van der Waals surface area contributed by atoms with Gasteiger partial charge in [0.15, 0.2) is 0 Å². The van der Waals surface area contributed by atoms with Crippen molar-refractivity contribution >= 4 is 32.9 Å². The van der Waals surface area contributed by atoms with Crippen LogP contribution in [-0.4, -0.2) is 22.1 Å². The SMILES string of the molecule is CCOC(=O)c1ccc2c(c1)nc(-c1ccc(Oc3cccc(Br)c3)cc1)n2C1CCCCC1. The molecule has 34 heavy (non-hydrogen) atoms. The number of hydrogen-bond acceptors (Lipinski definition) is 4. The molecule has 1 heterocycles. The number of nitrogens with zero attached hydrogens (tertiary/aromatic N) is 2. The summed E-state index contributed by atoms with van der Waals surface area (Å²) in [4.78, 5) is 17.3. The number of fused-ring (bicyclic) bond motifs is 1. The van der Waals surface area contributed by atoms with E-state index in [1.807, 2.05) is 61.5 Å². The van der Waals surface area contributed by atoms with Crippen molar-refractivity contribution in [1.82, 2.24) is 9.55 Å². The average molecular weight is 519 g/mol. The first-order valence-corrected chi connectivity index (χ1v) is 12.6. The number of halogens is 1. The second-order valence-corrected chi connectivity index (χ2v) is 9.52. The summed E-state index contributed by atoms with van der Waals surface area (Å²) in [5.74, 6) is 2.17. The molecule has 3 aromatic carbocycles. The Morgan fingerprint density at radius 3 is 2.53 bits per heavy atom. The van der Waals surface area contributed by atoms with E-state index in [0.29, 0.717) is 18.2 Å². The quantitative estimate of drug-likeness (QED) is 0.243. The van der Waals surface area contributed by atoms with Gasteiger partial charge >= 0.3 is 5.97 Å². The number of hydrogen-bond donors (Lipinski definition) is 0. The predicted octanol–water partition coefficient (Wildman–Crippen LogP) is 7.94. The standard InChI is InChI=1S/C28H27BrN2O3/c1-2-33-28(32)20-13-16-26-25(17-20)30-27(31(26)22-8-4-3-5-9-22)19-11-14-23(15-12-19)34-24-10-6-7-21(29)18-24/h6-7,10-18,22H,2-5,8-9H2,1H3. The highest BCUT2D eigenvalue weighted by Crippen LogP contribution is 2.37. The molecule has 5 nitrogen and oxygen atoms in total. The highest BCUT2D eigenvalue weighted by atomic mass is 79.9. The van der Waals surface area contributed by atoms with Gasteiger partial charge in [0.2, 0.25) is 0 Å². The summed E-state index contributed by atoms with van der Waals surface area (Å²) in [5, 5.41) is 0. The van der Waals surface area contributed by atoms with Gasteiger partial charge in [0.1, 0.15) is 17.3 Å². The van der Waals surface area contributed by atoms with Gasteiger partial charge in [-0.25, -0.2) is 9.78 Å². The molecule has 0 saturated heterocycles. The third-order valence-electron chi connectivity index (χ3n) is 6.28. The van der Waals surface area contributed by atoms with E-state index in [1.165, 1.54) is 19.3 Å². The first-order valence-electron chi connectivity index (χ1n) is 11.9. The van der Waals surface area contributed by atoms with Gasteiger partial charge < -0.3 is 14.0 Å². The maximum atomic E-state index is 12.3. The van der Waals surface area contributed by atoms with Crippen LogP contribution >= 0.6 is 15.9 Å². The zero-order valence-electron chi connectivity index (χ0n) is 19.2. The highest BCUT2D eigenvalue weighted by molar-refractivity contribution is 9.10. The number of carbonyl (C=O) groups is 1. The van der Waals surface area contributed by atoms with E-state index in [0.717, 1.165) is 51.2 Å². The van der Waals surface area contributed by atoms with Crippen molar-refractivity contribution in [3.63, 3.8) is 0 Å². The van der Waals surface area contributed by atoms with Crippen LogP contribution in [0.3, 0.4) is 0 Å². The predicted molar refractivity (Wildman–Crippen MR) is 137 cm³/mol. The molecule has 1 aliphatic rings. The van der Waals surface area contributed by atoms with Gasteiger partial charge in [0.25, 0.3) is 0 Å². The van der Waals surface area contributed by atoms with E-state index in [1.54, 1.807) is 0 Å². The van der Waals surface area contributed by atoms with Crippen molar-refractivity contribution in [2.24, 2.45) is 0 Å². The molecule has 0 unspecified atom stereocenters. The molecule has 0 spiro atoms. The Kier molecular flexibility index (Phi) is 6.68. The van der Waals surface area contributed by atoms with Crippen molar-refractivity contribution in [2.45, 2.75) is 45.1 Å². The molecule has 0 N–H and O–H groups in total. The third-order valence-corrected chi connectivity index (χ3v) is 6.78. The topological polar surface area (TPSA) is 53.4 Å². The number of rotatable bonds is 6. The maximum Gasteiger partial charge on any atom is 0.338 e. The van der Waals surface area contributed by atoms with E-state index in [-0.39, 0.29) is 5.97 Å². The molecule has 0 amide bonds. The van der Waals surface area contributed by atoms with Crippen LogP contribution in [0.25, 0.3) is 22.4 Å². The lowest BCUT2D eigenvalue weighted by Crippen LogP contribution is -2.14. The Bertz CT molecular complexity index is 1310. The number of benzene rings is 3. The Balaban J connectivity index is 1.52. The highest BCUT2D eigenvalue weighted by Gasteiger charge is 2.23.